The van der Waals surface area contributed by atoms with Gasteiger partial charge in [-0.25, -0.2) is 8.42 Å². The molecular formula is C15H22N2O3S. The van der Waals surface area contributed by atoms with Gasteiger partial charge in [0.2, 0.25) is 0 Å². The average Bonchev–Trinajstić information content (AvgIpc) is 3.15. The van der Waals surface area contributed by atoms with Crippen LogP contribution in [0.1, 0.15) is 41.6 Å². The average molecular weight is 310 g/mol. The molecule has 1 aliphatic carbocycles. The molecule has 2 unspecified atom stereocenters. The maximum Gasteiger partial charge on any atom is 0.251 e. The van der Waals surface area contributed by atoms with Crippen LogP contribution in [0, 0.1) is 0 Å². The fourth-order valence-electron chi connectivity index (χ4n) is 2.34. The van der Waals surface area contributed by atoms with E-state index < -0.39 is 9.84 Å². The van der Waals surface area contributed by atoms with Crippen molar-refractivity contribution in [1.29, 1.82) is 0 Å². The smallest absolute Gasteiger partial charge is 0.251 e. The van der Waals surface area contributed by atoms with Crippen LogP contribution in [0.2, 0.25) is 0 Å². The Kier molecular flexibility index (Phi) is 5.00. The molecule has 0 heterocycles. The Bertz CT molecular complexity index is 613. The van der Waals surface area contributed by atoms with Crippen LogP contribution in [0.25, 0.3) is 0 Å². The van der Waals surface area contributed by atoms with E-state index in [1.54, 1.807) is 6.07 Å². The molecule has 1 amide bonds. The molecule has 0 radical (unpaired) electrons. The lowest BCUT2D eigenvalue weighted by molar-refractivity contribution is 0.0956. The highest BCUT2D eigenvalue weighted by Crippen LogP contribution is 2.38. The number of nitrogens with one attached hydrogen (secondary N) is 1. The molecule has 21 heavy (non-hydrogen) atoms. The van der Waals surface area contributed by atoms with Gasteiger partial charge in [-0.15, -0.1) is 0 Å². The first kappa shape index (κ1) is 16.0. The van der Waals surface area contributed by atoms with Gasteiger partial charge in [0, 0.05) is 29.8 Å². The quantitative estimate of drug-likeness (QED) is 0.788. The van der Waals surface area contributed by atoms with Crippen molar-refractivity contribution in [2.45, 2.75) is 31.7 Å². The van der Waals surface area contributed by atoms with Crippen LogP contribution in [0.4, 0.5) is 0 Å². The van der Waals surface area contributed by atoms with E-state index in [-0.39, 0.29) is 30.0 Å². The van der Waals surface area contributed by atoms with Gasteiger partial charge < -0.3 is 11.1 Å². The third kappa shape index (κ3) is 4.54. The minimum absolute atomic E-state index is 0.0141. The van der Waals surface area contributed by atoms with E-state index in [0.29, 0.717) is 17.9 Å². The lowest BCUT2D eigenvalue weighted by atomic mass is 10.1. The van der Waals surface area contributed by atoms with Gasteiger partial charge in [-0.05, 0) is 30.5 Å². The van der Waals surface area contributed by atoms with Gasteiger partial charge in [0.15, 0.2) is 9.84 Å². The monoisotopic (exact) mass is 310 g/mol. The predicted molar refractivity (Wildman–Crippen MR) is 83.1 cm³/mol. The minimum Gasteiger partial charge on any atom is -0.351 e. The summed E-state index contributed by atoms with van der Waals surface area (Å²) in [5.74, 6) is 0.262. The molecule has 1 aliphatic rings. The van der Waals surface area contributed by atoms with Gasteiger partial charge in [0.25, 0.3) is 5.91 Å². The first-order valence-corrected chi connectivity index (χ1v) is 9.09. The Balaban J connectivity index is 1.89. The van der Waals surface area contributed by atoms with Crippen molar-refractivity contribution in [1.82, 2.24) is 5.32 Å². The second kappa shape index (κ2) is 6.58. The molecule has 3 N–H and O–H groups in total. The normalized spacial score (nSPS) is 21.0. The zero-order valence-electron chi connectivity index (χ0n) is 12.2. The summed E-state index contributed by atoms with van der Waals surface area (Å²) >= 11 is 0. The van der Waals surface area contributed by atoms with Crippen LogP contribution >= 0.6 is 0 Å². The molecule has 1 aromatic rings. The Morgan fingerprint density at radius 3 is 2.71 bits per heavy atom. The third-order valence-corrected chi connectivity index (χ3v) is 5.49. The van der Waals surface area contributed by atoms with Gasteiger partial charge in [-0.1, -0.05) is 19.1 Å². The summed E-state index contributed by atoms with van der Waals surface area (Å²) in [5.41, 5.74) is 7.45. The van der Waals surface area contributed by atoms with E-state index in [1.807, 2.05) is 25.1 Å². The summed E-state index contributed by atoms with van der Waals surface area (Å²) < 4.78 is 23.1. The van der Waals surface area contributed by atoms with Crippen molar-refractivity contribution < 1.29 is 13.2 Å². The van der Waals surface area contributed by atoms with Gasteiger partial charge in [-0.2, -0.15) is 0 Å². The number of hydrogen-bond donors (Lipinski definition) is 2. The molecule has 0 aliphatic heterocycles. The van der Waals surface area contributed by atoms with Crippen molar-refractivity contribution in [3.05, 3.63) is 35.4 Å². The Labute approximate surface area is 125 Å². The summed E-state index contributed by atoms with van der Waals surface area (Å²) in [5, 5.41) is 2.66. The summed E-state index contributed by atoms with van der Waals surface area (Å²) in [6.07, 6.45) is 1.56. The fraction of sp³-hybridized carbons (Fsp3) is 0.533. The van der Waals surface area contributed by atoms with Crippen LogP contribution < -0.4 is 11.1 Å². The fourth-order valence-corrected chi connectivity index (χ4v) is 3.58. The van der Waals surface area contributed by atoms with Crippen LogP contribution in [0.3, 0.4) is 0 Å². The molecule has 1 fully saturated rings. The number of benzene rings is 1. The molecule has 0 aromatic heterocycles. The molecular weight excluding hydrogens is 288 g/mol. The van der Waals surface area contributed by atoms with Gasteiger partial charge in [0.05, 0.1) is 5.75 Å². The number of sulfone groups is 1. The van der Waals surface area contributed by atoms with Crippen molar-refractivity contribution in [2.24, 2.45) is 5.73 Å². The molecule has 1 saturated carbocycles. The first-order chi connectivity index (χ1) is 9.93. The van der Waals surface area contributed by atoms with E-state index in [0.717, 1.165) is 12.0 Å². The van der Waals surface area contributed by atoms with Crippen LogP contribution in [0.5, 0.6) is 0 Å². The summed E-state index contributed by atoms with van der Waals surface area (Å²) in [6.45, 7) is 1.97. The van der Waals surface area contributed by atoms with E-state index in [4.69, 9.17) is 5.73 Å². The number of nitrogens with two attached hydrogens (primary N) is 1. The summed E-state index contributed by atoms with van der Waals surface area (Å²) in [6, 6.07) is 7.58. The summed E-state index contributed by atoms with van der Waals surface area (Å²) in [7, 11) is -3.06. The highest BCUT2D eigenvalue weighted by molar-refractivity contribution is 7.91. The van der Waals surface area contributed by atoms with Gasteiger partial charge in [-0.3, -0.25) is 4.79 Å². The van der Waals surface area contributed by atoms with Crippen molar-refractivity contribution >= 4 is 15.7 Å². The highest BCUT2D eigenvalue weighted by Gasteiger charge is 2.34. The second-order valence-electron chi connectivity index (χ2n) is 5.54. The van der Waals surface area contributed by atoms with Crippen LogP contribution in [-0.2, 0) is 9.84 Å². The number of rotatable bonds is 7. The SMILES string of the molecule is CCCS(=O)(=O)CCNC(=O)c1cccc(C2CC2N)c1. The molecule has 6 heteroatoms. The molecule has 2 rings (SSSR count). The maximum atomic E-state index is 12.0. The van der Waals surface area contributed by atoms with Gasteiger partial charge in [0.1, 0.15) is 0 Å². The standard InChI is InChI=1S/C15H22N2O3S/c1-2-7-21(19,20)8-6-17-15(18)12-5-3-4-11(9-12)13-10-14(13)16/h3-5,9,13-14H,2,6-8,10,16H2,1H3,(H,17,18). The van der Waals surface area contributed by atoms with E-state index in [9.17, 15) is 13.2 Å². The molecule has 0 spiro atoms. The highest BCUT2D eigenvalue weighted by atomic mass is 32.2. The van der Waals surface area contributed by atoms with Crippen molar-refractivity contribution in [2.75, 3.05) is 18.1 Å². The molecule has 116 valence electrons. The largest absolute Gasteiger partial charge is 0.351 e. The topological polar surface area (TPSA) is 89.3 Å². The third-order valence-electron chi connectivity index (χ3n) is 3.63. The number of amides is 1. The van der Waals surface area contributed by atoms with Crippen molar-refractivity contribution in [3.8, 4) is 0 Å². The lowest BCUT2D eigenvalue weighted by Crippen LogP contribution is -2.29. The van der Waals surface area contributed by atoms with Crippen LogP contribution in [0.15, 0.2) is 24.3 Å². The van der Waals surface area contributed by atoms with E-state index in [1.165, 1.54) is 0 Å². The zero-order chi connectivity index (χ0) is 15.5. The Hall–Kier alpha value is -1.40. The molecule has 1 aromatic carbocycles. The number of carbonyl (C=O) groups is 1. The summed E-state index contributed by atoms with van der Waals surface area (Å²) in [4.78, 5) is 12.0. The Morgan fingerprint density at radius 1 is 1.38 bits per heavy atom. The maximum absolute atomic E-state index is 12.0. The van der Waals surface area contributed by atoms with Gasteiger partial charge >= 0.3 is 0 Å². The van der Waals surface area contributed by atoms with Crippen LogP contribution in [-0.4, -0.2) is 38.4 Å². The molecule has 2 atom stereocenters. The molecule has 5 nitrogen and oxygen atoms in total. The zero-order valence-corrected chi connectivity index (χ0v) is 13.0. The minimum atomic E-state index is -3.06. The van der Waals surface area contributed by atoms with E-state index in [2.05, 4.69) is 5.32 Å². The molecule has 0 saturated heterocycles. The number of carbonyl (C=O) groups excluding carboxylic acids is 1. The second-order valence-corrected chi connectivity index (χ2v) is 7.84. The number of hydrogen-bond acceptors (Lipinski definition) is 4. The van der Waals surface area contributed by atoms with E-state index >= 15 is 0 Å². The first-order valence-electron chi connectivity index (χ1n) is 7.27. The molecule has 0 bridgehead atoms. The predicted octanol–water partition coefficient (Wildman–Crippen LogP) is 1.06. The Morgan fingerprint density at radius 2 is 2.10 bits per heavy atom. The van der Waals surface area contributed by atoms with Crippen molar-refractivity contribution in [3.63, 3.8) is 0 Å². The lowest BCUT2D eigenvalue weighted by Gasteiger charge is -2.07.